The quantitative estimate of drug-likeness (QED) is 0.131. The van der Waals surface area contributed by atoms with Gasteiger partial charge in [-0.05, 0) is 85.2 Å². The number of fused-ring (bicyclic) bond motifs is 1. The van der Waals surface area contributed by atoms with E-state index in [1.54, 1.807) is 32.4 Å². The van der Waals surface area contributed by atoms with Crippen molar-refractivity contribution in [2.45, 2.75) is 38.1 Å². The van der Waals surface area contributed by atoms with Crippen LogP contribution in [0.4, 0.5) is 8.78 Å². The molecule has 3 N–H and O–H groups in total. The van der Waals surface area contributed by atoms with Gasteiger partial charge in [-0.3, -0.25) is 9.89 Å². The van der Waals surface area contributed by atoms with Crippen molar-refractivity contribution in [3.8, 4) is 22.9 Å². The number of hydrogen-bond acceptors (Lipinski definition) is 6. The summed E-state index contributed by atoms with van der Waals surface area (Å²) in [4.78, 5) is 26.6. The summed E-state index contributed by atoms with van der Waals surface area (Å²) in [6, 6.07) is 15.6. The average molecular weight is 638 g/mol. The number of rotatable bonds is 8. The second-order valence-electron chi connectivity index (χ2n) is 13.0. The molecule has 1 aliphatic carbocycles. The van der Waals surface area contributed by atoms with E-state index in [1.165, 1.54) is 6.07 Å². The van der Waals surface area contributed by atoms with Gasteiger partial charge in [0.25, 0.3) is 0 Å². The Morgan fingerprint density at radius 3 is 2.66 bits per heavy atom. The minimum atomic E-state index is -0.810. The lowest BCUT2D eigenvalue weighted by Gasteiger charge is -2.27. The van der Waals surface area contributed by atoms with Crippen LogP contribution in [0.25, 0.3) is 22.2 Å². The smallest absolute Gasteiger partial charge is 0.323 e. The molecule has 9 nitrogen and oxygen atoms in total. The molecule has 0 amide bonds. The number of imidazole rings is 1. The van der Waals surface area contributed by atoms with Gasteiger partial charge in [0, 0.05) is 63.5 Å². The summed E-state index contributed by atoms with van der Waals surface area (Å²) in [7, 11) is 3.44. The lowest BCUT2D eigenvalue weighted by molar-refractivity contribution is 0.258. The summed E-state index contributed by atoms with van der Waals surface area (Å²) in [6.45, 7) is 4.21. The number of hydrogen-bond donors (Lipinski definition) is 3. The van der Waals surface area contributed by atoms with Crippen LogP contribution in [0.5, 0.6) is 5.75 Å². The fourth-order valence-electron chi connectivity index (χ4n) is 7.31. The van der Waals surface area contributed by atoms with E-state index < -0.39 is 11.6 Å². The fourth-order valence-corrected chi connectivity index (χ4v) is 7.31. The van der Waals surface area contributed by atoms with Crippen LogP contribution in [0.2, 0.25) is 0 Å². The van der Waals surface area contributed by atoms with Gasteiger partial charge in [0.05, 0.1) is 22.7 Å². The minimum absolute atomic E-state index is 0.0706. The van der Waals surface area contributed by atoms with E-state index in [1.807, 2.05) is 18.2 Å². The highest BCUT2D eigenvalue weighted by molar-refractivity contribution is 5.97. The number of benzene rings is 3. The van der Waals surface area contributed by atoms with E-state index in [0.717, 1.165) is 86.6 Å². The third-order valence-electron chi connectivity index (χ3n) is 9.66. The molecule has 3 fully saturated rings. The van der Waals surface area contributed by atoms with Crippen molar-refractivity contribution in [2.75, 3.05) is 40.3 Å². The van der Waals surface area contributed by atoms with Crippen molar-refractivity contribution >= 4 is 16.9 Å². The van der Waals surface area contributed by atoms with Gasteiger partial charge in [-0.2, -0.15) is 5.26 Å². The Bertz CT molecular complexity index is 2000. The third kappa shape index (κ3) is 6.13. The summed E-state index contributed by atoms with van der Waals surface area (Å²) < 4.78 is 36.7. The summed E-state index contributed by atoms with van der Waals surface area (Å²) in [5, 5.41) is 12.5. The van der Waals surface area contributed by atoms with Crippen LogP contribution in [0.1, 0.15) is 48.3 Å². The first-order valence-corrected chi connectivity index (χ1v) is 16.0. The second-order valence-corrected chi connectivity index (χ2v) is 13.0. The van der Waals surface area contributed by atoms with Crippen molar-refractivity contribution in [1.82, 2.24) is 25.1 Å². The number of aliphatic imine (C=N–C) groups is 1. The first-order valence-electron chi connectivity index (χ1n) is 16.0. The number of likely N-dealkylation sites (tertiary alicyclic amines) is 2. The molecule has 47 heavy (non-hydrogen) atoms. The van der Waals surface area contributed by atoms with Crippen LogP contribution >= 0.6 is 0 Å². The Balaban J connectivity index is 1.11. The lowest BCUT2D eigenvalue weighted by atomic mass is 9.86. The van der Waals surface area contributed by atoms with E-state index in [0.29, 0.717) is 28.3 Å². The predicted molar refractivity (Wildman–Crippen MR) is 177 cm³/mol. The van der Waals surface area contributed by atoms with Crippen LogP contribution in [0.15, 0.2) is 70.3 Å². The van der Waals surface area contributed by atoms with Gasteiger partial charge in [0.15, 0.2) is 23.2 Å². The molecule has 3 aliphatic rings. The summed E-state index contributed by atoms with van der Waals surface area (Å²) in [6.07, 6.45) is 5.60. The van der Waals surface area contributed by atoms with Crippen molar-refractivity contribution in [1.29, 1.82) is 5.26 Å². The third-order valence-corrected chi connectivity index (χ3v) is 9.66. The van der Waals surface area contributed by atoms with Crippen LogP contribution < -0.4 is 15.7 Å². The number of nitrogens with zero attached hydrogens (tertiary/aromatic N) is 4. The Kier molecular flexibility index (Phi) is 8.06. The highest BCUT2D eigenvalue weighted by Crippen LogP contribution is 2.47. The number of amidine groups is 1. The molecule has 0 bridgehead atoms. The molecular weight excluding hydrogens is 600 g/mol. The van der Waals surface area contributed by atoms with Crippen LogP contribution in [-0.4, -0.2) is 65.9 Å². The van der Waals surface area contributed by atoms with Crippen LogP contribution in [0.3, 0.4) is 0 Å². The molecule has 1 aromatic heterocycles. The predicted octanol–water partition coefficient (Wildman–Crippen LogP) is 5.62. The summed E-state index contributed by atoms with van der Waals surface area (Å²) in [5.41, 5.74) is 4.99. The van der Waals surface area contributed by atoms with E-state index >= 15 is 4.39 Å². The van der Waals surface area contributed by atoms with Gasteiger partial charge >= 0.3 is 5.69 Å². The van der Waals surface area contributed by atoms with Gasteiger partial charge in [0.2, 0.25) is 0 Å². The first-order chi connectivity index (χ1) is 22.8. The molecule has 3 heterocycles. The number of H-pyrrole nitrogens is 2. The standard InChI is InChI=1S/C36H37F2N7O2/c1-40-18-32(47-33-28(15-25(37)16-29(33)38)26-7-3-22(17-39)13-27(26)24-5-6-24)34(41-2)45-12-10-36(21-45)9-11-44(20-36)19-23-4-8-30-31(14-23)43-35(46)42-30/h3-4,7-8,13-16,18,24,40H,5-6,9-12,19-21H2,1-2H3,(H2,42,43,46)/b32-18+,41-34+. The van der Waals surface area contributed by atoms with E-state index in [2.05, 4.69) is 42.2 Å². The van der Waals surface area contributed by atoms with Crippen molar-refractivity contribution in [3.63, 3.8) is 0 Å². The molecule has 1 saturated carbocycles. The average Bonchev–Trinajstić information content (AvgIpc) is 3.56. The number of aromatic amines is 2. The Morgan fingerprint density at radius 2 is 1.89 bits per heavy atom. The van der Waals surface area contributed by atoms with Crippen LogP contribution in [-0.2, 0) is 6.54 Å². The molecule has 7 rings (SSSR count). The molecular formula is C36H37F2N7O2. The van der Waals surface area contributed by atoms with Crippen LogP contribution in [0, 0.1) is 28.4 Å². The zero-order chi connectivity index (χ0) is 32.7. The van der Waals surface area contributed by atoms with Gasteiger partial charge in [-0.15, -0.1) is 0 Å². The van der Waals surface area contributed by atoms with Gasteiger partial charge in [-0.25, -0.2) is 13.6 Å². The highest BCUT2D eigenvalue weighted by atomic mass is 19.1. The SMILES string of the molecule is C/N=C(\C(=C/NC)Oc1c(F)cc(F)cc1-c1ccc(C#N)cc1C1CC1)N1CCC2(CCN(Cc3ccc4[nH]c(=O)[nH]c4c3)C2)C1. The minimum Gasteiger partial charge on any atom is -0.448 e. The number of aromatic nitrogens is 2. The molecule has 1 atom stereocenters. The molecule has 1 unspecified atom stereocenters. The Labute approximate surface area is 271 Å². The zero-order valence-corrected chi connectivity index (χ0v) is 26.5. The molecule has 242 valence electrons. The van der Waals surface area contributed by atoms with E-state index in [9.17, 15) is 14.4 Å². The zero-order valence-electron chi connectivity index (χ0n) is 26.5. The molecule has 2 saturated heterocycles. The molecule has 2 aliphatic heterocycles. The second kappa shape index (κ2) is 12.3. The van der Waals surface area contributed by atoms with Crippen molar-refractivity contribution in [2.24, 2.45) is 10.4 Å². The Morgan fingerprint density at radius 1 is 1.09 bits per heavy atom. The van der Waals surface area contributed by atoms with Crippen molar-refractivity contribution in [3.05, 3.63) is 99.3 Å². The summed E-state index contributed by atoms with van der Waals surface area (Å²) in [5.74, 6) is -0.423. The van der Waals surface area contributed by atoms with Gasteiger partial charge in [0.1, 0.15) is 5.82 Å². The topological polar surface area (TPSA) is 113 Å². The van der Waals surface area contributed by atoms with E-state index in [4.69, 9.17) is 4.74 Å². The number of halogens is 2. The first kappa shape index (κ1) is 30.7. The van der Waals surface area contributed by atoms with E-state index in [-0.39, 0.29) is 22.8 Å². The van der Waals surface area contributed by atoms with Gasteiger partial charge < -0.3 is 24.9 Å². The monoisotopic (exact) mass is 637 g/mol. The van der Waals surface area contributed by atoms with Crippen molar-refractivity contribution < 1.29 is 13.5 Å². The summed E-state index contributed by atoms with van der Waals surface area (Å²) >= 11 is 0. The molecule has 3 aromatic carbocycles. The van der Waals surface area contributed by atoms with Gasteiger partial charge in [-0.1, -0.05) is 12.1 Å². The molecule has 1 spiro atoms. The molecule has 11 heteroatoms. The lowest BCUT2D eigenvalue weighted by Crippen LogP contribution is -2.36. The maximum atomic E-state index is 15.6. The largest absolute Gasteiger partial charge is 0.448 e. The maximum Gasteiger partial charge on any atom is 0.323 e. The maximum absolute atomic E-state index is 15.6. The highest BCUT2D eigenvalue weighted by Gasteiger charge is 2.44. The Hall–Kier alpha value is -4.95. The molecule has 4 aromatic rings. The normalized spacial score (nSPS) is 20.4. The number of ether oxygens (including phenoxy) is 1. The molecule has 0 radical (unpaired) electrons. The fraction of sp³-hybridized carbons (Fsp3) is 0.361. The number of nitriles is 1. The number of nitrogens with one attached hydrogen (secondary N) is 3.